The van der Waals surface area contributed by atoms with Gasteiger partial charge in [-0.3, -0.25) is 4.90 Å². The zero-order chi connectivity index (χ0) is 24.2. The summed E-state index contributed by atoms with van der Waals surface area (Å²) in [5, 5.41) is 3.07. The largest absolute Gasteiger partial charge is 0.345 e. The summed E-state index contributed by atoms with van der Waals surface area (Å²) in [6.07, 6.45) is 3.63. The summed E-state index contributed by atoms with van der Waals surface area (Å²) in [6, 6.07) is 36.9. The first-order chi connectivity index (χ1) is 17.8. The Kier molecular flexibility index (Phi) is 6.40. The minimum absolute atomic E-state index is 0.0398. The lowest BCUT2D eigenvalue weighted by atomic mass is 9.94. The summed E-state index contributed by atoms with van der Waals surface area (Å²) in [6.45, 7) is 1.64. The van der Waals surface area contributed by atoms with Gasteiger partial charge in [-0.25, -0.2) is 9.97 Å². The molecule has 2 heterocycles. The first-order valence-corrected chi connectivity index (χ1v) is 13.0. The van der Waals surface area contributed by atoms with Gasteiger partial charge in [0.1, 0.15) is 5.01 Å². The Labute approximate surface area is 214 Å². The number of aromatic nitrogens is 3. The molecule has 5 heteroatoms. The monoisotopic (exact) mass is 486 g/mol. The van der Waals surface area contributed by atoms with Gasteiger partial charge in [0, 0.05) is 30.2 Å². The van der Waals surface area contributed by atoms with Gasteiger partial charge in [0.05, 0.1) is 23.4 Å². The number of fused-ring (bicyclic) bond motifs is 1. The van der Waals surface area contributed by atoms with E-state index in [9.17, 15) is 0 Å². The maximum atomic E-state index is 4.57. The van der Waals surface area contributed by atoms with E-state index in [4.69, 9.17) is 0 Å². The molecule has 176 valence electrons. The van der Waals surface area contributed by atoms with E-state index in [1.54, 1.807) is 17.7 Å². The van der Waals surface area contributed by atoms with Gasteiger partial charge in [0.25, 0.3) is 0 Å². The number of aromatic amines is 1. The third-order valence-electron chi connectivity index (χ3n) is 6.46. The zero-order valence-electron chi connectivity index (χ0n) is 19.8. The highest BCUT2D eigenvalue weighted by Crippen LogP contribution is 2.35. The van der Waals surface area contributed by atoms with Crippen molar-refractivity contribution in [1.29, 1.82) is 0 Å². The fourth-order valence-corrected chi connectivity index (χ4v) is 5.45. The molecule has 0 spiro atoms. The van der Waals surface area contributed by atoms with Crippen LogP contribution in [0.5, 0.6) is 0 Å². The van der Waals surface area contributed by atoms with Gasteiger partial charge in [-0.15, -0.1) is 11.3 Å². The SMILES string of the molecule is c1ccc(CN(Cc2ccccc2)C(c2cccc(-c3nccs3)c2)c2ccc3nc[nH]c3c2)cc1. The van der Waals surface area contributed by atoms with Crippen LogP contribution in [0, 0.1) is 0 Å². The topological polar surface area (TPSA) is 44.8 Å². The maximum Gasteiger partial charge on any atom is 0.123 e. The van der Waals surface area contributed by atoms with Gasteiger partial charge in [-0.05, 0) is 40.5 Å². The summed E-state index contributed by atoms with van der Waals surface area (Å²) in [7, 11) is 0. The number of rotatable bonds is 8. The highest BCUT2D eigenvalue weighted by atomic mass is 32.1. The van der Waals surface area contributed by atoms with E-state index in [0.717, 1.165) is 34.7 Å². The van der Waals surface area contributed by atoms with Gasteiger partial charge in [0.2, 0.25) is 0 Å². The Bertz CT molecular complexity index is 1500. The molecule has 0 fully saturated rings. The van der Waals surface area contributed by atoms with Crippen LogP contribution in [-0.2, 0) is 13.1 Å². The van der Waals surface area contributed by atoms with Crippen molar-refractivity contribution < 1.29 is 0 Å². The average Bonchev–Trinajstić information content (AvgIpc) is 3.63. The van der Waals surface area contributed by atoms with Crippen molar-refractivity contribution in [2.75, 3.05) is 0 Å². The van der Waals surface area contributed by atoms with E-state index in [1.165, 1.54) is 22.3 Å². The molecule has 1 N–H and O–H groups in total. The Hall–Kier alpha value is -4.06. The minimum atomic E-state index is 0.0398. The molecule has 4 aromatic carbocycles. The fraction of sp³-hybridized carbons (Fsp3) is 0.0968. The standard InChI is InChI=1S/C31H26N4S/c1-3-8-23(9-4-1)20-35(21-24-10-5-2-6-11-24)30(26-14-15-28-29(19-26)34-22-33-28)25-12-7-13-27(18-25)31-32-16-17-36-31/h1-19,22,30H,20-21H2,(H,33,34). The first-order valence-electron chi connectivity index (χ1n) is 12.1. The number of H-pyrrole nitrogens is 1. The average molecular weight is 487 g/mol. The van der Waals surface area contributed by atoms with Gasteiger partial charge in [-0.1, -0.05) is 84.9 Å². The first kappa shape index (κ1) is 22.4. The van der Waals surface area contributed by atoms with Crippen LogP contribution in [-0.4, -0.2) is 19.9 Å². The highest BCUT2D eigenvalue weighted by molar-refractivity contribution is 7.13. The quantitative estimate of drug-likeness (QED) is 0.243. The van der Waals surface area contributed by atoms with Crippen LogP contribution in [0.15, 0.2) is 121 Å². The van der Waals surface area contributed by atoms with Crippen LogP contribution in [0.4, 0.5) is 0 Å². The third kappa shape index (κ3) is 4.85. The smallest absolute Gasteiger partial charge is 0.123 e. The van der Waals surface area contributed by atoms with E-state index < -0.39 is 0 Å². The summed E-state index contributed by atoms with van der Waals surface area (Å²) in [4.78, 5) is 14.9. The van der Waals surface area contributed by atoms with Crippen molar-refractivity contribution in [1.82, 2.24) is 19.9 Å². The van der Waals surface area contributed by atoms with Crippen LogP contribution < -0.4 is 0 Å². The number of hydrogen-bond donors (Lipinski definition) is 1. The molecule has 6 aromatic rings. The van der Waals surface area contributed by atoms with Gasteiger partial charge in [-0.2, -0.15) is 0 Å². The summed E-state index contributed by atoms with van der Waals surface area (Å²) >= 11 is 1.67. The molecule has 1 unspecified atom stereocenters. The molecule has 0 saturated heterocycles. The molecular weight excluding hydrogens is 460 g/mol. The van der Waals surface area contributed by atoms with Crippen molar-refractivity contribution >= 4 is 22.4 Å². The van der Waals surface area contributed by atoms with Crippen molar-refractivity contribution in [2.45, 2.75) is 19.1 Å². The molecule has 0 amide bonds. The molecule has 0 bridgehead atoms. The number of thiazole rings is 1. The molecule has 6 rings (SSSR count). The molecule has 36 heavy (non-hydrogen) atoms. The lowest BCUT2D eigenvalue weighted by Gasteiger charge is -2.33. The Balaban J connectivity index is 1.49. The lowest BCUT2D eigenvalue weighted by Crippen LogP contribution is -2.29. The molecule has 2 aromatic heterocycles. The van der Waals surface area contributed by atoms with Crippen LogP contribution in [0.1, 0.15) is 28.3 Å². The fourth-order valence-electron chi connectivity index (χ4n) is 4.82. The molecular formula is C31H26N4S. The molecule has 0 radical (unpaired) electrons. The Morgan fingerprint density at radius 1 is 0.722 bits per heavy atom. The number of nitrogens with one attached hydrogen (secondary N) is 1. The van der Waals surface area contributed by atoms with Crippen molar-refractivity contribution in [3.05, 3.63) is 143 Å². The molecule has 0 aliphatic carbocycles. The van der Waals surface area contributed by atoms with Crippen LogP contribution in [0.3, 0.4) is 0 Å². The predicted octanol–water partition coefficient (Wildman–Crippen LogP) is 7.48. The summed E-state index contributed by atoms with van der Waals surface area (Å²) in [5.74, 6) is 0. The highest BCUT2D eigenvalue weighted by Gasteiger charge is 2.24. The van der Waals surface area contributed by atoms with Crippen LogP contribution in [0.25, 0.3) is 21.6 Å². The second-order valence-electron chi connectivity index (χ2n) is 8.92. The zero-order valence-corrected chi connectivity index (χ0v) is 20.6. The number of hydrogen-bond acceptors (Lipinski definition) is 4. The third-order valence-corrected chi connectivity index (χ3v) is 7.29. The Morgan fingerprint density at radius 2 is 1.44 bits per heavy atom. The van der Waals surface area contributed by atoms with Gasteiger partial charge < -0.3 is 4.98 Å². The molecule has 0 saturated carbocycles. The summed E-state index contributed by atoms with van der Waals surface area (Å²) < 4.78 is 0. The van der Waals surface area contributed by atoms with Gasteiger partial charge >= 0.3 is 0 Å². The van der Waals surface area contributed by atoms with Crippen molar-refractivity contribution in [3.63, 3.8) is 0 Å². The minimum Gasteiger partial charge on any atom is -0.345 e. The molecule has 4 nitrogen and oxygen atoms in total. The van der Waals surface area contributed by atoms with Crippen LogP contribution >= 0.6 is 11.3 Å². The molecule has 0 aliphatic heterocycles. The van der Waals surface area contributed by atoms with Crippen LogP contribution in [0.2, 0.25) is 0 Å². The molecule has 1 atom stereocenters. The van der Waals surface area contributed by atoms with E-state index in [-0.39, 0.29) is 6.04 Å². The summed E-state index contributed by atoms with van der Waals surface area (Å²) in [5.41, 5.74) is 8.23. The lowest BCUT2D eigenvalue weighted by molar-refractivity contribution is 0.207. The second-order valence-corrected chi connectivity index (χ2v) is 9.82. The van der Waals surface area contributed by atoms with E-state index in [2.05, 4.69) is 123 Å². The predicted molar refractivity (Wildman–Crippen MR) is 148 cm³/mol. The molecule has 0 aliphatic rings. The number of benzene rings is 4. The Morgan fingerprint density at radius 3 is 2.14 bits per heavy atom. The second kappa shape index (κ2) is 10.3. The number of imidazole rings is 1. The van der Waals surface area contributed by atoms with Crippen molar-refractivity contribution in [2.24, 2.45) is 0 Å². The van der Waals surface area contributed by atoms with E-state index >= 15 is 0 Å². The van der Waals surface area contributed by atoms with Crippen molar-refractivity contribution in [3.8, 4) is 10.6 Å². The van der Waals surface area contributed by atoms with E-state index in [0.29, 0.717) is 0 Å². The normalized spacial score (nSPS) is 12.2. The van der Waals surface area contributed by atoms with Gasteiger partial charge in [0.15, 0.2) is 0 Å². The number of nitrogens with zero attached hydrogens (tertiary/aromatic N) is 3. The van der Waals surface area contributed by atoms with E-state index in [1.807, 2.05) is 11.6 Å². The maximum absolute atomic E-state index is 4.57.